The largest absolute Gasteiger partial charge is 0.495 e. The number of ether oxygens (including phenoxy) is 1. The molecule has 2 aliphatic heterocycles. The van der Waals surface area contributed by atoms with E-state index >= 15 is 0 Å². The van der Waals surface area contributed by atoms with Gasteiger partial charge in [0.05, 0.1) is 18.7 Å². The highest BCUT2D eigenvalue weighted by molar-refractivity contribution is 6.01. The van der Waals surface area contributed by atoms with Crippen molar-refractivity contribution in [2.75, 3.05) is 31.6 Å². The first-order valence-electron chi connectivity index (χ1n) is 10.9. The van der Waals surface area contributed by atoms with E-state index in [2.05, 4.69) is 29.4 Å². The Morgan fingerprint density at radius 2 is 1.81 bits per heavy atom. The molecule has 2 aromatic carbocycles. The molecule has 2 amide bonds. The Balaban J connectivity index is 1.24. The second-order valence-corrected chi connectivity index (χ2v) is 8.47. The van der Waals surface area contributed by atoms with Crippen LogP contribution in [0.4, 0.5) is 5.69 Å². The molecule has 1 unspecified atom stereocenters. The van der Waals surface area contributed by atoms with Crippen LogP contribution in [0.1, 0.15) is 30.7 Å². The molecular formula is C25H27N3O3. The van der Waals surface area contributed by atoms with Crippen molar-refractivity contribution in [1.82, 2.24) is 9.88 Å². The molecule has 1 N–H and O–H groups in total. The number of carbonyl (C=O) groups excluding carboxylic acids is 2. The number of piperidine rings is 1. The predicted octanol–water partition coefficient (Wildman–Crippen LogP) is 3.94. The van der Waals surface area contributed by atoms with Gasteiger partial charge in [-0.3, -0.25) is 9.59 Å². The van der Waals surface area contributed by atoms with Gasteiger partial charge in [0.2, 0.25) is 11.8 Å². The minimum absolute atomic E-state index is 0.0171. The number of aromatic amines is 1. The molecule has 6 nitrogen and oxygen atoms in total. The first-order valence-corrected chi connectivity index (χ1v) is 10.9. The molecular weight excluding hydrogens is 390 g/mol. The van der Waals surface area contributed by atoms with Gasteiger partial charge in [-0.05, 0) is 42.5 Å². The topological polar surface area (TPSA) is 65.6 Å². The highest BCUT2D eigenvalue weighted by Crippen LogP contribution is 2.36. The van der Waals surface area contributed by atoms with E-state index in [0.29, 0.717) is 18.2 Å². The van der Waals surface area contributed by atoms with Crippen LogP contribution >= 0.6 is 0 Å². The smallest absolute Gasteiger partial charge is 0.228 e. The van der Waals surface area contributed by atoms with Crippen LogP contribution in [0.2, 0.25) is 0 Å². The summed E-state index contributed by atoms with van der Waals surface area (Å²) in [6.07, 6.45) is 4.28. The van der Waals surface area contributed by atoms with Crippen LogP contribution in [0, 0.1) is 5.92 Å². The fourth-order valence-electron chi connectivity index (χ4n) is 5.06. The number of hydrogen-bond donors (Lipinski definition) is 1. The van der Waals surface area contributed by atoms with Crippen LogP contribution in [0.5, 0.6) is 5.75 Å². The number of methoxy groups -OCH3 is 1. The molecule has 160 valence electrons. The van der Waals surface area contributed by atoms with E-state index in [1.54, 1.807) is 12.0 Å². The van der Waals surface area contributed by atoms with E-state index in [4.69, 9.17) is 4.74 Å². The van der Waals surface area contributed by atoms with Crippen LogP contribution in [0.25, 0.3) is 10.9 Å². The van der Waals surface area contributed by atoms with Crippen molar-refractivity contribution >= 4 is 28.4 Å². The molecule has 0 aliphatic carbocycles. The maximum absolute atomic E-state index is 13.2. The van der Waals surface area contributed by atoms with E-state index in [1.807, 2.05) is 35.2 Å². The molecule has 0 bridgehead atoms. The Morgan fingerprint density at radius 1 is 1.06 bits per heavy atom. The number of nitrogens with zero attached hydrogens (tertiary/aromatic N) is 2. The average Bonchev–Trinajstić information content (AvgIpc) is 3.42. The normalized spacial score (nSPS) is 19.9. The minimum Gasteiger partial charge on any atom is -0.495 e. The summed E-state index contributed by atoms with van der Waals surface area (Å²) in [6.45, 7) is 1.89. The summed E-state index contributed by atoms with van der Waals surface area (Å²) >= 11 is 0. The molecule has 5 rings (SSSR count). The first kappa shape index (κ1) is 19.7. The van der Waals surface area contributed by atoms with E-state index in [-0.39, 0.29) is 24.2 Å². The zero-order valence-electron chi connectivity index (χ0n) is 17.7. The van der Waals surface area contributed by atoms with Crippen LogP contribution in [0.15, 0.2) is 54.7 Å². The lowest BCUT2D eigenvalue weighted by molar-refractivity contribution is -0.136. The standard InChI is InChI=1S/C25H27N3O3/c1-31-23-9-5-4-8-22(23)28-16-18(14-24(28)29)25(30)27-12-10-17(11-13-27)20-15-26-21-7-3-2-6-19(20)21/h2-9,15,17-18,26H,10-14,16H2,1H3. The number of H-pyrrole nitrogens is 1. The van der Waals surface area contributed by atoms with E-state index in [9.17, 15) is 9.59 Å². The van der Waals surface area contributed by atoms with Crippen molar-refractivity contribution in [3.05, 3.63) is 60.3 Å². The second kappa shape index (κ2) is 8.10. The number of hydrogen-bond acceptors (Lipinski definition) is 3. The van der Waals surface area contributed by atoms with Crippen molar-refractivity contribution in [3.8, 4) is 5.75 Å². The first-order chi connectivity index (χ1) is 15.2. The third kappa shape index (κ3) is 3.56. The third-order valence-electron chi connectivity index (χ3n) is 6.72. The fraction of sp³-hybridized carbons (Fsp3) is 0.360. The molecule has 0 radical (unpaired) electrons. The fourth-order valence-corrected chi connectivity index (χ4v) is 5.06. The number of fused-ring (bicyclic) bond motifs is 1. The Kier molecular flexibility index (Phi) is 5.14. The van der Waals surface area contributed by atoms with Gasteiger partial charge >= 0.3 is 0 Å². The van der Waals surface area contributed by atoms with Crippen molar-refractivity contribution in [2.24, 2.45) is 5.92 Å². The highest BCUT2D eigenvalue weighted by atomic mass is 16.5. The summed E-state index contributed by atoms with van der Waals surface area (Å²) in [7, 11) is 1.60. The Hall–Kier alpha value is -3.28. The van der Waals surface area contributed by atoms with Crippen molar-refractivity contribution in [1.29, 1.82) is 0 Å². The summed E-state index contributed by atoms with van der Waals surface area (Å²) in [5, 5.41) is 1.28. The summed E-state index contributed by atoms with van der Waals surface area (Å²) < 4.78 is 5.40. The lowest BCUT2D eigenvalue weighted by Crippen LogP contribution is -2.42. The zero-order chi connectivity index (χ0) is 21.4. The van der Waals surface area contributed by atoms with Gasteiger partial charge < -0.3 is 19.5 Å². The molecule has 1 atom stereocenters. The van der Waals surface area contributed by atoms with Crippen molar-refractivity contribution in [3.63, 3.8) is 0 Å². The van der Waals surface area contributed by atoms with Crippen LogP contribution in [-0.2, 0) is 9.59 Å². The lowest BCUT2D eigenvalue weighted by Gasteiger charge is -2.33. The van der Waals surface area contributed by atoms with Gasteiger partial charge in [-0.2, -0.15) is 0 Å². The zero-order valence-corrected chi connectivity index (χ0v) is 17.7. The van der Waals surface area contributed by atoms with E-state index < -0.39 is 0 Å². The van der Waals surface area contributed by atoms with Gasteiger partial charge in [0, 0.05) is 43.2 Å². The van der Waals surface area contributed by atoms with Crippen LogP contribution < -0.4 is 9.64 Å². The molecule has 0 saturated carbocycles. The quantitative estimate of drug-likeness (QED) is 0.699. The summed E-state index contributed by atoms with van der Waals surface area (Å²) in [5.74, 6) is 0.903. The van der Waals surface area contributed by atoms with Gasteiger partial charge in [0.1, 0.15) is 5.75 Å². The SMILES string of the molecule is COc1ccccc1N1CC(C(=O)N2CCC(c3c[nH]c4ccccc34)CC2)CC1=O. The molecule has 31 heavy (non-hydrogen) atoms. The number of benzene rings is 2. The van der Waals surface area contributed by atoms with Gasteiger partial charge in [-0.15, -0.1) is 0 Å². The number of likely N-dealkylation sites (tertiary alicyclic amines) is 1. The summed E-state index contributed by atoms with van der Waals surface area (Å²) in [5.41, 5.74) is 3.25. The van der Waals surface area contributed by atoms with E-state index in [1.165, 1.54) is 10.9 Å². The lowest BCUT2D eigenvalue weighted by atomic mass is 9.88. The van der Waals surface area contributed by atoms with Gasteiger partial charge in [0.25, 0.3) is 0 Å². The van der Waals surface area contributed by atoms with Crippen LogP contribution in [-0.4, -0.2) is 48.4 Å². The van der Waals surface area contributed by atoms with Gasteiger partial charge in [-0.1, -0.05) is 30.3 Å². The third-order valence-corrected chi connectivity index (χ3v) is 6.72. The highest BCUT2D eigenvalue weighted by Gasteiger charge is 2.39. The van der Waals surface area contributed by atoms with E-state index in [0.717, 1.165) is 37.1 Å². The summed E-state index contributed by atoms with van der Waals surface area (Å²) in [4.78, 5) is 32.9. The van der Waals surface area contributed by atoms with Gasteiger partial charge in [-0.25, -0.2) is 0 Å². The van der Waals surface area contributed by atoms with Gasteiger partial charge in [0.15, 0.2) is 0 Å². The second-order valence-electron chi connectivity index (χ2n) is 8.47. The number of amides is 2. The molecule has 2 aliphatic rings. The molecule has 2 saturated heterocycles. The minimum atomic E-state index is -0.290. The Morgan fingerprint density at radius 3 is 2.61 bits per heavy atom. The van der Waals surface area contributed by atoms with Crippen molar-refractivity contribution in [2.45, 2.75) is 25.2 Å². The van der Waals surface area contributed by atoms with Crippen molar-refractivity contribution < 1.29 is 14.3 Å². The summed E-state index contributed by atoms with van der Waals surface area (Å²) in [6, 6.07) is 15.9. The Bertz CT molecular complexity index is 1110. The number of anilines is 1. The molecule has 2 fully saturated rings. The van der Waals surface area contributed by atoms with Crippen LogP contribution in [0.3, 0.4) is 0 Å². The molecule has 3 heterocycles. The molecule has 0 spiro atoms. The Labute approximate surface area is 181 Å². The maximum Gasteiger partial charge on any atom is 0.228 e. The monoisotopic (exact) mass is 417 g/mol. The maximum atomic E-state index is 13.2. The molecule has 6 heteroatoms. The molecule has 1 aromatic heterocycles. The average molecular weight is 418 g/mol. The molecule has 3 aromatic rings. The number of rotatable bonds is 4. The predicted molar refractivity (Wildman–Crippen MR) is 120 cm³/mol. The number of aromatic nitrogens is 1. The number of carbonyl (C=O) groups is 2. The number of nitrogens with one attached hydrogen (secondary N) is 1. The number of para-hydroxylation sites is 3.